The number of hydrazone groups is 1. The SMILES string of the molecule is CC1=NN(c2ccc(SN(C)C)cc2)C(=O)C1C(=O)Nc1cccc(-c2ncc[nH]2)c1. The first-order valence-corrected chi connectivity index (χ1v) is 10.4. The Kier molecular flexibility index (Phi) is 5.88. The summed E-state index contributed by atoms with van der Waals surface area (Å²) in [7, 11) is 3.92. The lowest BCUT2D eigenvalue weighted by Crippen LogP contribution is -2.36. The molecule has 0 saturated heterocycles. The molecule has 2 heterocycles. The molecule has 2 amide bonds. The van der Waals surface area contributed by atoms with Crippen LogP contribution in [-0.4, -0.2) is 45.9 Å². The van der Waals surface area contributed by atoms with E-state index >= 15 is 0 Å². The van der Waals surface area contributed by atoms with Gasteiger partial charge in [-0.2, -0.15) is 10.1 Å². The summed E-state index contributed by atoms with van der Waals surface area (Å²) in [4.78, 5) is 34.2. The second-order valence-electron chi connectivity index (χ2n) is 7.23. The highest BCUT2D eigenvalue weighted by Crippen LogP contribution is 2.28. The number of aromatic amines is 1. The number of nitrogens with zero attached hydrogens (tertiary/aromatic N) is 4. The summed E-state index contributed by atoms with van der Waals surface area (Å²) in [6.45, 7) is 1.69. The average Bonchev–Trinajstić information content (AvgIpc) is 3.37. The molecule has 158 valence electrons. The Morgan fingerprint density at radius 3 is 2.65 bits per heavy atom. The van der Waals surface area contributed by atoms with Gasteiger partial charge in [0.15, 0.2) is 5.92 Å². The number of anilines is 2. The zero-order valence-electron chi connectivity index (χ0n) is 17.4. The second kappa shape index (κ2) is 8.75. The van der Waals surface area contributed by atoms with E-state index < -0.39 is 11.8 Å². The monoisotopic (exact) mass is 434 g/mol. The number of imidazole rings is 1. The van der Waals surface area contributed by atoms with E-state index in [0.29, 0.717) is 22.9 Å². The lowest BCUT2D eigenvalue weighted by Gasteiger charge is -2.15. The van der Waals surface area contributed by atoms with Crippen molar-refractivity contribution in [2.24, 2.45) is 11.0 Å². The van der Waals surface area contributed by atoms with E-state index in [0.717, 1.165) is 10.5 Å². The van der Waals surface area contributed by atoms with Crippen LogP contribution in [-0.2, 0) is 9.59 Å². The molecule has 31 heavy (non-hydrogen) atoms. The average molecular weight is 435 g/mol. The van der Waals surface area contributed by atoms with E-state index in [-0.39, 0.29) is 5.91 Å². The minimum Gasteiger partial charge on any atom is -0.345 e. The minimum absolute atomic E-state index is 0.370. The van der Waals surface area contributed by atoms with E-state index in [1.54, 1.807) is 37.3 Å². The predicted molar refractivity (Wildman–Crippen MR) is 123 cm³/mol. The number of aromatic nitrogens is 2. The summed E-state index contributed by atoms with van der Waals surface area (Å²) in [6.07, 6.45) is 3.40. The van der Waals surface area contributed by atoms with Gasteiger partial charge < -0.3 is 10.3 Å². The first-order valence-electron chi connectivity index (χ1n) is 9.67. The van der Waals surface area contributed by atoms with Gasteiger partial charge in [-0.05, 0) is 69.4 Å². The van der Waals surface area contributed by atoms with Gasteiger partial charge >= 0.3 is 0 Å². The Morgan fingerprint density at radius 2 is 1.97 bits per heavy atom. The van der Waals surface area contributed by atoms with Crippen LogP contribution in [0.4, 0.5) is 11.4 Å². The van der Waals surface area contributed by atoms with E-state index in [9.17, 15) is 9.59 Å². The van der Waals surface area contributed by atoms with Gasteiger partial charge in [0.1, 0.15) is 5.82 Å². The van der Waals surface area contributed by atoms with E-state index in [1.165, 1.54) is 5.01 Å². The van der Waals surface area contributed by atoms with Gasteiger partial charge in [0, 0.05) is 28.5 Å². The number of hydrogen-bond donors (Lipinski definition) is 2. The first kappa shape index (κ1) is 20.8. The van der Waals surface area contributed by atoms with Crippen molar-refractivity contribution < 1.29 is 9.59 Å². The van der Waals surface area contributed by atoms with Crippen molar-refractivity contribution in [3.05, 3.63) is 60.9 Å². The smallest absolute Gasteiger partial charge is 0.265 e. The fraction of sp³-hybridized carbons (Fsp3) is 0.182. The maximum Gasteiger partial charge on any atom is 0.265 e. The fourth-order valence-electron chi connectivity index (χ4n) is 3.29. The van der Waals surface area contributed by atoms with E-state index in [1.807, 2.05) is 60.9 Å². The van der Waals surface area contributed by atoms with Crippen molar-refractivity contribution in [2.45, 2.75) is 11.8 Å². The molecule has 1 aliphatic heterocycles. The van der Waals surface area contributed by atoms with Gasteiger partial charge in [-0.15, -0.1) is 0 Å². The molecular weight excluding hydrogens is 412 g/mol. The zero-order chi connectivity index (χ0) is 22.0. The third kappa shape index (κ3) is 4.52. The van der Waals surface area contributed by atoms with Crippen LogP contribution in [0.25, 0.3) is 11.4 Å². The Bertz CT molecular complexity index is 1130. The summed E-state index contributed by atoms with van der Waals surface area (Å²) < 4.78 is 1.99. The molecule has 3 aromatic rings. The second-order valence-corrected chi connectivity index (χ2v) is 8.61. The van der Waals surface area contributed by atoms with Crippen molar-refractivity contribution in [2.75, 3.05) is 24.4 Å². The highest BCUT2D eigenvalue weighted by atomic mass is 32.2. The molecule has 0 saturated carbocycles. The molecule has 2 N–H and O–H groups in total. The van der Waals surface area contributed by atoms with Gasteiger partial charge in [0.05, 0.1) is 11.4 Å². The van der Waals surface area contributed by atoms with E-state index in [4.69, 9.17) is 0 Å². The van der Waals surface area contributed by atoms with Gasteiger partial charge in [0.25, 0.3) is 5.91 Å². The first-order chi connectivity index (χ1) is 14.9. The molecule has 0 bridgehead atoms. The molecule has 0 spiro atoms. The molecule has 1 aromatic heterocycles. The Labute approximate surface area is 184 Å². The summed E-state index contributed by atoms with van der Waals surface area (Å²) in [6, 6.07) is 14.8. The van der Waals surface area contributed by atoms with Crippen LogP contribution in [0.1, 0.15) is 6.92 Å². The third-order valence-electron chi connectivity index (χ3n) is 4.66. The molecule has 0 radical (unpaired) electrons. The largest absolute Gasteiger partial charge is 0.345 e. The number of H-pyrrole nitrogens is 1. The zero-order valence-corrected chi connectivity index (χ0v) is 18.2. The van der Waals surface area contributed by atoms with Crippen molar-refractivity contribution in [1.82, 2.24) is 14.3 Å². The topological polar surface area (TPSA) is 93.7 Å². The van der Waals surface area contributed by atoms with Crippen LogP contribution in [0.15, 0.2) is 70.9 Å². The summed E-state index contributed by atoms with van der Waals surface area (Å²) in [5, 5.41) is 8.47. The number of carbonyl (C=O) groups is 2. The van der Waals surface area contributed by atoms with E-state index in [2.05, 4.69) is 20.4 Å². The number of amides is 2. The predicted octanol–water partition coefficient (Wildman–Crippen LogP) is 3.62. The molecule has 9 heteroatoms. The molecule has 0 aliphatic carbocycles. The standard InChI is InChI=1S/C22H22N6O2S/c1-14-19(21(29)25-16-6-4-5-15(13-16)20-23-11-12-24-20)22(30)28(26-14)17-7-9-18(10-8-17)31-27(2)3/h4-13,19H,1-3H3,(H,23,24)(H,25,29). The Morgan fingerprint density at radius 1 is 1.19 bits per heavy atom. The number of benzene rings is 2. The molecule has 1 unspecified atom stereocenters. The summed E-state index contributed by atoms with van der Waals surface area (Å²) in [5.41, 5.74) is 2.50. The van der Waals surface area contributed by atoms with Crippen LogP contribution < -0.4 is 10.3 Å². The number of rotatable bonds is 6. The van der Waals surface area contributed by atoms with Gasteiger partial charge in [0.2, 0.25) is 5.91 Å². The molecular formula is C22H22N6O2S. The van der Waals surface area contributed by atoms with Gasteiger partial charge in [-0.1, -0.05) is 12.1 Å². The normalized spacial score (nSPS) is 16.0. The quantitative estimate of drug-likeness (QED) is 0.457. The molecule has 1 atom stereocenters. The Hall–Kier alpha value is -3.43. The van der Waals surface area contributed by atoms with Crippen molar-refractivity contribution in [3.63, 3.8) is 0 Å². The third-order valence-corrected chi connectivity index (χ3v) is 5.51. The molecule has 8 nitrogen and oxygen atoms in total. The number of hydrogen-bond acceptors (Lipinski definition) is 6. The highest BCUT2D eigenvalue weighted by Gasteiger charge is 2.39. The van der Waals surface area contributed by atoms with Crippen LogP contribution in [0, 0.1) is 5.92 Å². The van der Waals surface area contributed by atoms with Crippen molar-refractivity contribution in [3.8, 4) is 11.4 Å². The number of carbonyl (C=O) groups excluding carboxylic acids is 2. The van der Waals surface area contributed by atoms with Crippen molar-refractivity contribution >= 4 is 40.8 Å². The molecule has 1 aliphatic rings. The minimum atomic E-state index is -0.969. The lowest BCUT2D eigenvalue weighted by atomic mass is 10.0. The molecule has 0 fully saturated rings. The molecule has 4 rings (SSSR count). The van der Waals surface area contributed by atoms with Crippen LogP contribution in [0.3, 0.4) is 0 Å². The van der Waals surface area contributed by atoms with Crippen LogP contribution >= 0.6 is 11.9 Å². The fourth-order valence-corrected chi connectivity index (χ4v) is 3.97. The summed E-state index contributed by atoms with van der Waals surface area (Å²) in [5.74, 6) is -1.05. The van der Waals surface area contributed by atoms with Gasteiger partial charge in [-0.3, -0.25) is 13.9 Å². The maximum atomic E-state index is 13.0. The van der Waals surface area contributed by atoms with Crippen LogP contribution in [0.2, 0.25) is 0 Å². The Balaban J connectivity index is 1.48. The maximum absolute atomic E-state index is 13.0. The van der Waals surface area contributed by atoms with Crippen molar-refractivity contribution in [1.29, 1.82) is 0 Å². The van der Waals surface area contributed by atoms with Crippen LogP contribution in [0.5, 0.6) is 0 Å². The molecule has 2 aromatic carbocycles. The summed E-state index contributed by atoms with van der Waals surface area (Å²) >= 11 is 1.58. The lowest BCUT2D eigenvalue weighted by molar-refractivity contribution is -0.127. The number of nitrogens with one attached hydrogen (secondary N) is 2. The van der Waals surface area contributed by atoms with Gasteiger partial charge in [-0.25, -0.2) is 4.98 Å². The highest BCUT2D eigenvalue weighted by molar-refractivity contribution is 7.97.